The number of rotatable bonds is 9. The van der Waals surface area contributed by atoms with Gasteiger partial charge in [-0.3, -0.25) is 4.90 Å². The second-order valence-corrected chi connectivity index (χ2v) is 7.73. The molecule has 0 saturated carbocycles. The van der Waals surface area contributed by atoms with Crippen molar-refractivity contribution in [1.29, 1.82) is 0 Å². The van der Waals surface area contributed by atoms with Crippen molar-refractivity contribution in [1.82, 2.24) is 14.9 Å². The van der Waals surface area contributed by atoms with E-state index in [-0.39, 0.29) is 12.2 Å². The Kier molecular flexibility index (Phi) is 7.43. The summed E-state index contributed by atoms with van der Waals surface area (Å²) in [4.78, 5) is 13.9. The zero-order valence-electron chi connectivity index (χ0n) is 17.3. The molecule has 3 rings (SSSR count). The molecule has 1 aliphatic carbocycles. The second-order valence-electron chi connectivity index (χ2n) is 7.73. The maximum atomic E-state index is 5.82. The standard InChI is InChI=1S/C22H32N4O2/c1-5-19(28-17(2)3)14-18-6-7-20(18)21-15-22(24-16-23-21)26-10-8-25(9-11-26)12-13-27-4/h1,6,15-17,19-20H,7-14H2,2-4H3. The Morgan fingerprint density at radius 1 is 1.25 bits per heavy atom. The van der Waals surface area contributed by atoms with Gasteiger partial charge in [0.1, 0.15) is 18.2 Å². The van der Waals surface area contributed by atoms with E-state index in [1.165, 1.54) is 5.57 Å². The number of methoxy groups -OCH3 is 1. The van der Waals surface area contributed by atoms with Crippen molar-refractivity contribution < 1.29 is 9.47 Å². The van der Waals surface area contributed by atoms with E-state index in [2.05, 4.69) is 37.8 Å². The lowest BCUT2D eigenvalue weighted by Gasteiger charge is -2.35. The number of terminal acetylenes is 1. The number of ether oxygens (including phenoxy) is 2. The van der Waals surface area contributed by atoms with Crippen LogP contribution in [0.2, 0.25) is 0 Å². The quantitative estimate of drug-likeness (QED) is 0.482. The first-order valence-electron chi connectivity index (χ1n) is 10.2. The molecule has 1 aromatic rings. The third-order valence-electron chi connectivity index (χ3n) is 5.45. The second kappa shape index (κ2) is 10.0. The number of nitrogens with zero attached hydrogens (tertiary/aromatic N) is 4. The highest BCUT2D eigenvalue weighted by molar-refractivity contribution is 5.43. The van der Waals surface area contributed by atoms with Gasteiger partial charge in [0, 0.05) is 58.2 Å². The van der Waals surface area contributed by atoms with Crippen LogP contribution in [0.3, 0.4) is 0 Å². The Labute approximate surface area is 168 Å². The van der Waals surface area contributed by atoms with Crippen molar-refractivity contribution in [2.24, 2.45) is 0 Å². The number of aromatic nitrogens is 2. The van der Waals surface area contributed by atoms with Crippen LogP contribution in [-0.4, -0.2) is 73.5 Å². The van der Waals surface area contributed by atoms with Crippen LogP contribution in [0.4, 0.5) is 5.82 Å². The van der Waals surface area contributed by atoms with E-state index in [1.807, 2.05) is 13.8 Å². The first kappa shape index (κ1) is 20.8. The third-order valence-corrected chi connectivity index (χ3v) is 5.45. The van der Waals surface area contributed by atoms with Crippen LogP contribution < -0.4 is 4.90 Å². The van der Waals surface area contributed by atoms with Gasteiger partial charge >= 0.3 is 0 Å². The lowest BCUT2D eigenvalue weighted by molar-refractivity contribution is 0.0402. The summed E-state index contributed by atoms with van der Waals surface area (Å²) in [5, 5.41) is 0. The number of hydrogen-bond donors (Lipinski definition) is 0. The number of anilines is 1. The van der Waals surface area contributed by atoms with E-state index in [1.54, 1.807) is 13.4 Å². The zero-order chi connectivity index (χ0) is 19.9. The Bertz CT molecular complexity index is 705. The fourth-order valence-corrected chi connectivity index (χ4v) is 3.77. The fraction of sp³-hybridized carbons (Fsp3) is 0.636. The van der Waals surface area contributed by atoms with Crippen LogP contribution in [0, 0.1) is 12.3 Å². The molecule has 2 unspecified atom stereocenters. The minimum absolute atomic E-state index is 0.133. The fourth-order valence-electron chi connectivity index (χ4n) is 3.77. The molecule has 152 valence electrons. The van der Waals surface area contributed by atoms with Gasteiger partial charge in [-0.1, -0.05) is 17.6 Å². The van der Waals surface area contributed by atoms with Crippen LogP contribution in [0.25, 0.3) is 0 Å². The molecule has 2 atom stereocenters. The van der Waals surface area contributed by atoms with Gasteiger partial charge in [0.2, 0.25) is 0 Å². The lowest BCUT2D eigenvalue weighted by atomic mass is 9.79. The van der Waals surface area contributed by atoms with Gasteiger partial charge in [-0.2, -0.15) is 0 Å². The molecule has 0 aromatic carbocycles. The molecule has 0 spiro atoms. The molecule has 6 heteroatoms. The molecule has 0 N–H and O–H groups in total. The highest BCUT2D eigenvalue weighted by Crippen LogP contribution is 2.39. The molecule has 2 aliphatic rings. The Morgan fingerprint density at radius 3 is 2.64 bits per heavy atom. The number of allylic oxidation sites excluding steroid dienone is 1. The average molecular weight is 385 g/mol. The molecule has 6 nitrogen and oxygen atoms in total. The lowest BCUT2D eigenvalue weighted by Crippen LogP contribution is -2.47. The zero-order valence-corrected chi connectivity index (χ0v) is 17.3. The molecule has 28 heavy (non-hydrogen) atoms. The summed E-state index contributed by atoms with van der Waals surface area (Å²) in [6.07, 6.45) is 11.3. The first-order chi connectivity index (χ1) is 13.6. The summed E-state index contributed by atoms with van der Waals surface area (Å²) in [5.41, 5.74) is 2.42. The van der Waals surface area contributed by atoms with Gasteiger partial charge < -0.3 is 14.4 Å². The summed E-state index contributed by atoms with van der Waals surface area (Å²) in [5.74, 6) is 4.12. The van der Waals surface area contributed by atoms with Crippen LogP contribution in [0.15, 0.2) is 24.0 Å². The number of hydrogen-bond acceptors (Lipinski definition) is 6. The Hall–Kier alpha value is -1.94. The molecule has 0 bridgehead atoms. The Morgan fingerprint density at radius 2 is 2.04 bits per heavy atom. The Balaban J connectivity index is 1.58. The normalized spacial score (nSPS) is 21.2. The predicted molar refractivity (Wildman–Crippen MR) is 111 cm³/mol. The molecule has 1 aliphatic heterocycles. The van der Waals surface area contributed by atoms with Gasteiger partial charge in [-0.25, -0.2) is 9.97 Å². The van der Waals surface area contributed by atoms with Crippen molar-refractivity contribution in [2.45, 2.75) is 44.8 Å². The van der Waals surface area contributed by atoms with E-state index in [4.69, 9.17) is 15.9 Å². The van der Waals surface area contributed by atoms with Crippen LogP contribution in [0.1, 0.15) is 38.3 Å². The van der Waals surface area contributed by atoms with Gasteiger partial charge in [0.25, 0.3) is 0 Å². The van der Waals surface area contributed by atoms with E-state index in [0.717, 1.165) is 63.7 Å². The van der Waals surface area contributed by atoms with Gasteiger partial charge in [-0.15, -0.1) is 6.42 Å². The van der Waals surface area contributed by atoms with Gasteiger partial charge in [0.05, 0.1) is 18.4 Å². The largest absolute Gasteiger partial charge is 0.383 e. The monoisotopic (exact) mass is 384 g/mol. The van der Waals surface area contributed by atoms with E-state index in [0.29, 0.717) is 5.92 Å². The molecule has 1 fully saturated rings. The number of piperazine rings is 1. The van der Waals surface area contributed by atoms with Crippen molar-refractivity contribution in [3.05, 3.63) is 29.7 Å². The van der Waals surface area contributed by atoms with E-state index < -0.39 is 0 Å². The SMILES string of the molecule is C#CC(CC1=CCC1c1cc(N2CCN(CCOC)CC2)ncn1)OC(C)C. The van der Waals surface area contributed by atoms with Crippen molar-refractivity contribution in [3.8, 4) is 12.3 Å². The minimum Gasteiger partial charge on any atom is -0.383 e. The van der Waals surface area contributed by atoms with Crippen LogP contribution in [0.5, 0.6) is 0 Å². The summed E-state index contributed by atoms with van der Waals surface area (Å²) < 4.78 is 11.0. The van der Waals surface area contributed by atoms with Crippen molar-refractivity contribution in [3.63, 3.8) is 0 Å². The van der Waals surface area contributed by atoms with Crippen LogP contribution >= 0.6 is 0 Å². The van der Waals surface area contributed by atoms with Gasteiger partial charge in [0.15, 0.2) is 0 Å². The van der Waals surface area contributed by atoms with Crippen molar-refractivity contribution in [2.75, 3.05) is 51.3 Å². The molecular weight excluding hydrogens is 352 g/mol. The third kappa shape index (κ3) is 5.32. The van der Waals surface area contributed by atoms with Crippen molar-refractivity contribution >= 4 is 5.82 Å². The molecule has 1 saturated heterocycles. The predicted octanol–water partition coefficient (Wildman–Crippen LogP) is 2.48. The summed E-state index contributed by atoms with van der Waals surface area (Å²) in [7, 11) is 1.75. The van der Waals surface area contributed by atoms with Gasteiger partial charge in [-0.05, 0) is 20.3 Å². The van der Waals surface area contributed by atoms with Crippen LogP contribution in [-0.2, 0) is 9.47 Å². The first-order valence-corrected chi connectivity index (χ1v) is 10.2. The molecule has 2 heterocycles. The van der Waals surface area contributed by atoms with E-state index in [9.17, 15) is 0 Å². The molecular formula is C22H32N4O2. The highest BCUT2D eigenvalue weighted by Gasteiger charge is 2.28. The summed E-state index contributed by atoms with van der Waals surface area (Å²) in [6, 6.07) is 2.15. The summed E-state index contributed by atoms with van der Waals surface area (Å²) >= 11 is 0. The smallest absolute Gasteiger partial charge is 0.132 e. The maximum Gasteiger partial charge on any atom is 0.132 e. The minimum atomic E-state index is -0.171. The topological polar surface area (TPSA) is 50.7 Å². The molecule has 0 amide bonds. The summed E-state index contributed by atoms with van der Waals surface area (Å²) in [6.45, 7) is 9.84. The maximum absolute atomic E-state index is 5.82. The molecule has 0 radical (unpaired) electrons. The highest BCUT2D eigenvalue weighted by atomic mass is 16.5. The molecule has 1 aromatic heterocycles. The average Bonchev–Trinajstić information content (AvgIpc) is 2.69. The van der Waals surface area contributed by atoms with E-state index >= 15 is 0 Å².